The first-order valence-corrected chi connectivity index (χ1v) is 13.2. The average Bonchev–Trinajstić information content (AvgIpc) is 2.97. The first-order valence-electron chi connectivity index (χ1n) is 12.3. The Morgan fingerprint density at radius 3 is 2.08 bits per heavy atom. The predicted octanol–water partition coefficient (Wildman–Crippen LogP) is 6.20. The van der Waals surface area contributed by atoms with Gasteiger partial charge in [0.2, 0.25) is 11.1 Å². The molecule has 8 nitrogen and oxygen atoms in total. The van der Waals surface area contributed by atoms with Crippen molar-refractivity contribution >= 4 is 34.3 Å². The van der Waals surface area contributed by atoms with Crippen LogP contribution in [0.4, 0.5) is 5.69 Å². The smallest absolute Gasteiger partial charge is 0.237 e. The van der Waals surface area contributed by atoms with E-state index in [1.807, 2.05) is 92.7 Å². The molecular formula is C30H27N5O3S. The standard InChI is InChI=1S/C30H27N5O3S/c1-18-17-26(24-7-5-6-8-25(24)31-18)32-29(36)19(2)39-30-33-27(20-9-13-22(37-3)14-10-20)28(34-35-30)21-11-15-23(38-4)16-12-21/h5-17,19H,1-4H3,(H,31,32,36). The fourth-order valence-electron chi connectivity index (χ4n) is 4.11. The molecule has 5 aromatic rings. The van der Waals surface area contributed by atoms with Crippen molar-refractivity contribution in [3.63, 3.8) is 0 Å². The summed E-state index contributed by atoms with van der Waals surface area (Å²) in [6.45, 7) is 3.73. The van der Waals surface area contributed by atoms with Crippen molar-refractivity contribution in [1.82, 2.24) is 20.2 Å². The van der Waals surface area contributed by atoms with Gasteiger partial charge in [0.25, 0.3) is 0 Å². The molecule has 1 atom stereocenters. The second kappa shape index (κ2) is 11.5. The third-order valence-electron chi connectivity index (χ3n) is 6.15. The quantitative estimate of drug-likeness (QED) is 0.234. The summed E-state index contributed by atoms with van der Waals surface area (Å²) in [5.74, 6) is 1.32. The number of aromatic nitrogens is 4. The zero-order chi connectivity index (χ0) is 27.4. The summed E-state index contributed by atoms with van der Waals surface area (Å²) in [6, 6.07) is 24.8. The molecule has 0 radical (unpaired) electrons. The van der Waals surface area contributed by atoms with Crippen molar-refractivity contribution in [3.8, 4) is 34.0 Å². The lowest BCUT2D eigenvalue weighted by Crippen LogP contribution is -2.23. The summed E-state index contributed by atoms with van der Waals surface area (Å²) in [5, 5.41) is 12.8. The maximum atomic E-state index is 13.2. The van der Waals surface area contributed by atoms with Crippen LogP contribution in [0.1, 0.15) is 12.6 Å². The van der Waals surface area contributed by atoms with Crippen LogP contribution in [0.2, 0.25) is 0 Å². The summed E-state index contributed by atoms with van der Waals surface area (Å²) in [4.78, 5) is 22.6. The SMILES string of the molecule is COc1ccc(-c2nnc(SC(C)C(=O)Nc3cc(C)nc4ccccc34)nc2-c2ccc(OC)cc2)cc1. The summed E-state index contributed by atoms with van der Waals surface area (Å²) >= 11 is 1.25. The van der Waals surface area contributed by atoms with Crippen molar-refractivity contribution in [3.05, 3.63) is 84.6 Å². The molecule has 1 unspecified atom stereocenters. The van der Waals surface area contributed by atoms with Crippen molar-refractivity contribution in [2.24, 2.45) is 0 Å². The molecule has 1 amide bonds. The first-order chi connectivity index (χ1) is 18.9. The summed E-state index contributed by atoms with van der Waals surface area (Å²) in [5.41, 5.74) is 5.38. The Morgan fingerprint density at radius 2 is 1.44 bits per heavy atom. The monoisotopic (exact) mass is 537 g/mol. The lowest BCUT2D eigenvalue weighted by atomic mass is 10.0. The van der Waals surface area contributed by atoms with Crippen LogP contribution in [0.3, 0.4) is 0 Å². The lowest BCUT2D eigenvalue weighted by molar-refractivity contribution is -0.115. The molecule has 2 heterocycles. The molecule has 0 saturated carbocycles. The van der Waals surface area contributed by atoms with E-state index in [1.54, 1.807) is 14.2 Å². The van der Waals surface area contributed by atoms with Crippen LogP contribution in [0.25, 0.3) is 33.4 Å². The molecule has 0 saturated heterocycles. The van der Waals surface area contributed by atoms with Gasteiger partial charge in [-0.2, -0.15) is 0 Å². The van der Waals surface area contributed by atoms with Gasteiger partial charge in [-0.05, 0) is 74.5 Å². The molecule has 0 fully saturated rings. The Hall–Kier alpha value is -4.50. The van der Waals surface area contributed by atoms with Gasteiger partial charge in [0, 0.05) is 22.2 Å². The van der Waals surface area contributed by atoms with E-state index in [2.05, 4.69) is 20.5 Å². The molecular weight excluding hydrogens is 510 g/mol. The molecule has 1 N–H and O–H groups in total. The molecule has 0 aliphatic heterocycles. The maximum absolute atomic E-state index is 13.2. The number of methoxy groups -OCH3 is 2. The number of pyridine rings is 1. The van der Waals surface area contributed by atoms with E-state index in [4.69, 9.17) is 14.5 Å². The second-order valence-corrected chi connectivity index (χ2v) is 10.1. The van der Waals surface area contributed by atoms with E-state index >= 15 is 0 Å². The van der Waals surface area contributed by atoms with Crippen molar-refractivity contribution in [1.29, 1.82) is 0 Å². The molecule has 2 aromatic heterocycles. The van der Waals surface area contributed by atoms with Crippen molar-refractivity contribution in [2.75, 3.05) is 19.5 Å². The minimum Gasteiger partial charge on any atom is -0.497 e. The van der Waals surface area contributed by atoms with Gasteiger partial charge in [-0.15, -0.1) is 10.2 Å². The Labute approximate surface area is 230 Å². The summed E-state index contributed by atoms with van der Waals surface area (Å²) < 4.78 is 10.6. The molecule has 39 heavy (non-hydrogen) atoms. The lowest BCUT2D eigenvalue weighted by Gasteiger charge is -2.14. The molecule has 0 spiro atoms. The Kier molecular flexibility index (Phi) is 7.69. The zero-order valence-corrected chi connectivity index (χ0v) is 22.8. The van der Waals surface area contributed by atoms with E-state index in [1.165, 1.54) is 11.8 Å². The topological polar surface area (TPSA) is 99.1 Å². The van der Waals surface area contributed by atoms with Crippen LogP contribution in [0, 0.1) is 6.92 Å². The number of benzene rings is 3. The molecule has 0 aliphatic carbocycles. The van der Waals surface area contributed by atoms with Gasteiger partial charge in [0.15, 0.2) is 0 Å². The van der Waals surface area contributed by atoms with Gasteiger partial charge < -0.3 is 14.8 Å². The van der Waals surface area contributed by atoms with Crippen molar-refractivity contribution in [2.45, 2.75) is 24.3 Å². The van der Waals surface area contributed by atoms with Crippen LogP contribution in [0.15, 0.2) is 84.0 Å². The Bertz CT molecular complexity index is 1630. The number of thioether (sulfide) groups is 1. The third-order valence-corrected chi connectivity index (χ3v) is 7.10. The fraction of sp³-hybridized carbons (Fsp3) is 0.167. The van der Waals surface area contributed by atoms with Gasteiger partial charge in [0.1, 0.15) is 22.9 Å². The van der Waals surface area contributed by atoms with Gasteiger partial charge in [0.05, 0.1) is 30.7 Å². The minimum atomic E-state index is -0.477. The van der Waals surface area contributed by atoms with Crippen LogP contribution in [-0.2, 0) is 4.79 Å². The number of nitrogens with zero attached hydrogens (tertiary/aromatic N) is 4. The largest absolute Gasteiger partial charge is 0.497 e. The highest BCUT2D eigenvalue weighted by Crippen LogP contribution is 2.33. The van der Waals surface area contributed by atoms with Gasteiger partial charge >= 0.3 is 0 Å². The van der Waals surface area contributed by atoms with Crippen LogP contribution in [0.5, 0.6) is 11.5 Å². The number of para-hydroxylation sites is 1. The van der Waals surface area contributed by atoms with Gasteiger partial charge in [-0.3, -0.25) is 9.78 Å². The van der Waals surface area contributed by atoms with Crippen LogP contribution >= 0.6 is 11.8 Å². The number of carbonyl (C=O) groups excluding carboxylic acids is 1. The minimum absolute atomic E-state index is 0.162. The Morgan fingerprint density at radius 1 is 0.821 bits per heavy atom. The summed E-state index contributed by atoms with van der Waals surface area (Å²) in [6.07, 6.45) is 0. The zero-order valence-electron chi connectivity index (χ0n) is 22.0. The van der Waals surface area contributed by atoms with Gasteiger partial charge in [-0.25, -0.2) is 4.98 Å². The molecule has 0 aliphatic rings. The number of nitrogens with one attached hydrogen (secondary N) is 1. The normalized spacial score (nSPS) is 11.7. The van der Waals surface area contributed by atoms with E-state index in [9.17, 15) is 4.79 Å². The molecule has 9 heteroatoms. The number of fused-ring (bicyclic) bond motifs is 1. The molecule has 0 bridgehead atoms. The number of anilines is 1. The van der Waals surface area contributed by atoms with E-state index in [0.29, 0.717) is 16.5 Å². The Balaban J connectivity index is 1.43. The van der Waals surface area contributed by atoms with Crippen molar-refractivity contribution < 1.29 is 14.3 Å². The number of rotatable bonds is 8. The number of aryl methyl sites for hydroxylation is 1. The second-order valence-electron chi connectivity index (χ2n) is 8.83. The molecule has 196 valence electrons. The highest BCUT2D eigenvalue weighted by molar-refractivity contribution is 8.00. The predicted molar refractivity (Wildman–Crippen MR) is 154 cm³/mol. The maximum Gasteiger partial charge on any atom is 0.237 e. The van der Waals surface area contributed by atoms with E-state index < -0.39 is 5.25 Å². The number of hydrogen-bond donors (Lipinski definition) is 1. The van der Waals surface area contributed by atoms with Crippen LogP contribution in [-0.4, -0.2) is 45.5 Å². The number of carbonyl (C=O) groups is 1. The fourth-order valence-corrected chi connectivity index (χ4v) is 4.83. The highest BCUT2D eigenvalue weighted by Gasteiger charge is 2.20. The molecule has 3 aromatic carbocycles. The average molecular weight is 538 g/mol. The molecule has 5 rings (SSSR count). The van der Waals surface area contributed by atoms with E-state index in [-0.39, 0.29) is 5.91 Å². The van der Waals surface area contributed by atoms with Gasteiger partial charge in [-0.1, -0.05) is 30.0 Å². The number of amides is 1. The highest BCUT2D eigenvalue weighted by atomic mass is 32.2. The number of hydrogen-bond acceptors (Lipinski definition) is 8. The first kappa shape index (κ1) is 26.1. The number of ether oxygens (including phenoxy) is 2. The summed E-state index contributed by atoms with van der Waals surface area (Å²) in [7, 11) is 3.25. The van der Waals surface area contributed by atoms with Crippen LogP contribution < -0.4 is 14.8 Å². The third kappa shape index (κ3) is 5.83. The van der Waals surface area contributed by atoms with E-state index in [0.717, 1.165) is 44.9 Å².